The lowest BCUT2D eigenvalue weighted by atomic mass is 10.1. The van der Waals surface area contributed by atoms with Crippen LogP contribution >= 0.6 is 0 Å². The Bertz CT molecular complexity index is 1010. The third-order valence-corrected chi connectivity index (χ3v) is 5.74. The molecule has 1 aromatic rings. The highest BCUT2D eigenvalue weighted by molar-refractivity contribution is 7.92. The average molecular weight is 460 g/mol. The van der Waals surface area contributed by atoms with Gasteiger partial charge in [0, 0.05) is 11.5 Å². The Balaban J connectivity index is 2.29. The molecule has 11 heteroatoms. The lowest BCUT2D eigenvalue weighted by Crippen LogP contribution is -2.29. The molecule has 1 aromatic carbocycles. The fourth-order valence-corrected chi connectivity index (χ4v) is 4.34. The Morgan fingerprint density at radius 3 is 2.40 bits per heavy atom. The zero-order chi connectivity index (χ0) is 22.5. The van der Waals surface area contributed by atoms with Gasteiger partial charge in [-0.25, -0.2) is 13.6 Å². The van der Waals surface area contributed by atoms with Crippen molar-refractivity contribution in [3.63, 3.8) is 0 Å². The third kappa shape index (κ3) is 6.83. The van der Waals surface area contributed by atoms with E-state index in [1.54, 1.807) is 26.0 Å². The Kier molecular flexibility index (Phi) is 8.00. The van der Waals surface area contributed by atoms with Gasteiger partial charge in [0.05, 0.1) is 15.4 Å². The summed E-state index contributed by atoms with van der Waals surface area (Å²) in [5, 5.41) is 5.36. The summed E-state index contributed by atoms with van der Waals surface area (Å²) in [5.74, 6) is 3.67. The van der Waals surface area contributed by atoms with Gasteiger partial charge in [0.15, 0.2) is 11.0 Å². The van der Waals surface area contributed by atoms with Crippen LogP contribution in [0.2, 0.25) is 0 Å². The maximum absolute atomic E-state index is 12.8. The van der Waals surface area contributed by atoms with Crippen LogP contribution in [0.4, 0.5) is 13.2 Å². The number of alkyl halides is 3. The summed E-state index contributed by atoms with van der Waals surface area (Å²) in [6, 6.07) is 3.33. The van der Waals surface area contributed by atoms with Gasteiger partial charge in [0.25, 0.3) is 5.91 Å². The molecule has 0 fully saturated rings. The summed E-state index contributed by atoms with van der Waals surface area (Å²) in [6.07, 6.45) is -0.801. The van der Waals surface area contributed by atoms with E-state index in [2.05, 4.69) is 21.3 Å². The van der Waals surface area contributed by atoms with Crippen molar-refractivity contribution in [2.75, 3.05) is 0 Å². The van der Waals surface area contributed by atoms with Crippen LogP contribution in [-0.2, 0) is 22.0 Å². The molecule has 30 heavy (non-hydrogen) atoms. The molecular weight excluding hydrogens is 441 g/mol. The largest absolute Gasteiger partial charge is 0.573 e. The van der Waals surface area contributed by atoms with E-state index in [9.17, 15) is 26.4 Å². The van der Waals surface area contributed by atoms with Gasteiger partial charge >= 0.3 is 6.36 Å². The SMILES string of the molecule is CC(C)C#Cc1ccc(C(=O)NS(=O)C2=CCCC=C2S(N)=O)cc1OC(F)(F)F. The summed E-state index contributed by atoms with van der Waals surface area (Å²) in [7, 11) is -4.00. The van der Waals surface area contributed by atoms with Gasteiger partial charge in [-0.3, -0.25) is 9.52 Å². The van der Waals surface area contributed by atoms with Crippen molar-refractivity contribution in [2.24, 2.45) is 11.1 Å². The molecule has 0 aromatic heterocycles. The molecule has 1 aliphatic rings. The summed E-state index contributed by atoms with van der Waals surface area (Å²) in [5.41, 5.74) is -0.258. The number of hydrogen-bond donors (Lipinski definition) is 2. The molecule has 6 nitrogen and oxygen atoms in total. The summed E-state index contributed by atoms with van der Waals surface area (Å²) in [6.45, 7) is 3.54. The Morgan fingerprint density at radius 2 is 1.83 bits per heavy atom. The van der Waals surface area contributed by atoms with Crippen LogP contribution in [0.5, 0.6) is 5.75 Å². The molecule has 0 spiro atoms. The van der Waals surface area contributed by atoms with E-state index in [4.69, 9.17) is 5.14 Å². The van der Waals surface area contributed by atoms with Crippen LogP contribution < -0.4 is 14.6 Å². The molecule has 0 bridgehead atoms. The Hall–Kier alpha value is -2.42. The molecule has 0 saturated carbocycles. The van der Waals surface area contributed by atoms with E-state index >= 15 is 0 Å². The normalized spacial score (nSPS) is 16.0. The number of allylic oxidation sites excluding steroid dienone is 2. The molecule has 1 aliphatic carbocycles. The second-order valence-electron chi connectivity index (χ2n) is 6.39. The second-order valence-corrected chi connectivity index (χ2v) is 8.61. The minimum Gasteiger partial charge on any atom is -0.404 e. The molecule has 0 heterocycles. The number of amides is 1. The number of halogens is 3. The minimum atomic E-state index is -4.98. The van der Waals surface area contributed by atoms with E-state index in [0.29, 0.717) is 12.8 Å². The fourth-order valence-electron chi connectivity index (χ4n) is 2.37. The summed E-state index contributed by atoms with van der Waals surface area (Å²) < 4.78 is 68.5. The Labute approximate surface area is 176 Å². The first kappa shape index (κ1) is 23.9. The smallest absolute Gasteiger partial charge is 0.404 e. The predicted molar refractivity (Wildman–Crippen MR) is 108 cm³/mol. The van der Waals surface area contributed by atoms with Crippen LogP contribution in [0.15, 0.2) is 40.2 Å². The van der Waals surface area contributed by atoms with E-state index in [1.165, 1.54) is 12.1 Å². The van der Waals surface area contributed by atoms with Crippen molar-refractivity contribution in [3.8, 4) is 17.6 Å². The number of nitrogens with one attached hydrogen (secondary N) is 1. The highest BCUT2D eigenvalue weighted by Gasteiger charge is 2.32. The minimum absolute atomic E-state index is 0.0440. The molecular formula is C19H19F3N2O4S2. The van der Waals surface area contributed by atoms with Gasteiger partial charge in [-0.05, 0) is 31.0 Å². The van der Waals surface area contributed by atoms with Gasteiger partial charge in [-0.2, -0.15) is 0 Å². The molecule has 0 radical (unpaired) electrons. The monoisotopic (exact) mass is 460 g/mol. The first-order valence-corrected chi connectivity index (χ1v) is 11.0. The van der Waals surface area contributed by atoms with E-state index in [-0.39, 0.29) is 26.9 Å². The Morgan fingerprint density at radius 1 is 1.20 bits per heavy atom. The zero-order valence-electron chi connectivity index (χ0n) is 16.0. The van der Waals surface area contributed by atoms with Crippen molar-refractivity contribution in [1.29, 1.82) is 0 Å². The molecule has 162 valence electrons. The third-order valence-electron chi connectivity index (χ3n) is 3.64. The van der Waals surface area contributed by atoms with Crippen molar-refractivity contribution in [1.82, 2.24) is 4.72 Å². The molecule has 2 rings (SSSR count). The molecule has 2 atom stereocenters. The number of nitrogens with two attached hydrogens (primary N) is 1. The maximum atomic E-state index is 12.8. The molecule has 1 amide bonds. The van der Waals surface area contributed by atoms with Gasteiger partial charge in [-0.15, -0.1) is 13.2 Å². The van der Waals surface area contributed by atoms with Gasteiger partial charge < -0.3 is 4.74 Å². The molecule has 3 N–H and O–H groups in total. The molecule has 0 aliphatic heterocycles. The van der Waals surface area contributed by atoms with Crippen LogP contribution in [0.3, 0.4) is 0 Å². The van der Waals surface area contributed by atoms with E-state index < -0.39 is 40.0 Å². The van der Waals surface area contributed by atoms with Gasteiger partial charge in [0.1, 0.15) is 16.7 Å². The molecule has 2 unspecified atom stereocenters. The van der Waals surface area contributed by atoms with Crippen molar-refractivity contribution >= 4 is 27.9 Å². The standard InChI is InChI=1S/C19H19F3N2O4S2/c1-12(2)7-8-13-9-10-14(11-15(13)28-19(20,21)22)18(25)24-30(27)17-6-4-3-5-16(17)29(23)26/h5-6,9-12H,3-4,23H2,1-2H3,(H,24,25). The van der Waals surface area contributed by atoms with Crippen molar-refractivity contribution < 1.29 is 31.1 Å². The number of carbonyl (C=O) groups is 1. The first-order chi connectivity index (χ1) is 14.0. The molecule has 0 saturated heterocycles. The topological polar surface area (TPSA) is 98.5 Å². The van der Waals surface area contributed by atoms with Gasteiger partial charge in [0.2, 0.25) is 0 Å². The number of carbonyl (C=O) groups excluding carboxylic acids is 1. The van der Waals surface area contributed by atoms with Crippen LogP contribution in [-0.4, -0.2) is 20.7 Å². The number of benzene rings is 1. The highest BCUT2D eigenvalue weighted by Crippen LogP contribution is 2.28. The predicted octanol–water partition coefficient (Wildman–Crippen LogP) is 3.17. The second kappa shape index (κ2) is 10.1. The summed E-state index contributed by atoms with van der Waals surface area (Å²) >= 11 is 0. The van der Waals surface area contributed by atoms with Crippen LogP contribution in [0.1, 0.15) is 42.6 Å². The average Bonchev–Trinajstić information content (AvgIpc) is 2.65. The number of ether oxygens (including phenoxy) is 1. The zero-order valence-corrected chi connectivity index (χ0v) is 17.7. The quantitative estimate of drug-likeness (QED) is 0.660. The summed E-state index contributed by atoms with van der Waals surface area (Å²) in [4.78, 5) is 12.7. The van der Waals surface area contributed by atoms with Gasteiger partial charge in [-0.1, -0.05) is 37.8 Å². The first-order valence-electron chi connectivity index (χ1n) is 8.69. The number of hydrogen-bond acceptors (Lipinski definition) is 4. The number of rotatable bonds is 5. The highest BCUT2D eigenvalue weighted by atomic mass is 32.2. The van der Waals surface area contributed by atoms with Crippen LogP contribution in [0, 0.1) is 17.8 Å². The lowest BCUT2D eigenvalue weighted by Gasteiger charge is -2.15. The van der Waals surface area contributed by atoms with E-state index in [1.807, 2.05) is 0 Å². The van der Waals surface area contributed by atoms with E-state index in [0.717, 1.165) is 6.07 Å². The fraction of sp³-hybridized carbons (Fsp3) is 0.316. The van der Waals surface area contributed by atoms with Crippen molar-refractivity contribution in [2.45, 2.75) is 33.1 Å². The van der Waals surface area contributed by atoms with Crippen LogP contribution in [0.25, 0.3) is 0 Å². The van der Waals surface area contributed by atoms with Crippen molar-refractivity contribution in [3.05, 3.63) is 51.3 Å². The lowest BCUT2D eigenvalue weighted by molar-refractivity contribution is -0.274. The maximum Gasteiger partial charge on any atom is 0.573 e.